The number of nitrogens with two attached hydrogens (primary N) is 1. The van der Waals surface area contributed by atoms with Crippen molar-refractivity contribution in [2.24, 2.45) is 16.6 Å². The lowest BCUT2D eigenvalue weighted by Gasteiger charge is -2.28. The molecule has 0 radical (unpaired) electrons. The number of carbonyl (C=O) groups is 1. The van der Waals surface area contributed by atoms with Gasteiger partial charge in [-0.1, -0.05) is 13.8 Å². The van der Waals surface area contributed by atoms with Gasteiger partial charge in [-0.2, -0.15) is 0 Å². The molecule has 1 heterocycles. The van der Waals surface area contributed by atoms with Crippen LogP contribution in [0.5, 0.6) is 0 Å². The third-order valence-corrected chi connectivity index (χ3v) is 3.51. The number of hydrogen-bond acceptors (Lipinski definition) is 3. The molecule has 1 aliphatic rings. The Kier molecular flexibility index (Phi) is 7.93. The van der Waals surface area contributed by atoms with Crippen LogP contribution in [0.1, 0.15) is 46.5 Å². The fourth-order valence-electron chi connectivity index (χ4n) is 2.51. The highest BCUT2D eigenvalue weighted by atomic mass is 16.5. The zero-order valence-corrected chi connectivity index (χ0v) is 13.6. The number of alkyl carbamates (subject to hydrolysis) is 1. The van der Waals surface area contributed by atoms with Gasteiger partial charge in [0.15, 0.2) is 5.96 Å². The molecule has 0 bridgehead atoms. The molecule has 0 aliphatic carbocycles. The van der Waals surface area contributed by atoms with Gasteiger partial charge in [-0.05, 0) is 38.5 Å². The highest BCUT2D eigenvalue weighted by Gasteiger charge is 2.16. The van der Waals surface area contributed by atoms with Crippen LogP contribution in [-0.2, 0) is 4.74 Å². The first kappa shape index (κ1) is 17.6. The number of nitrogens with zero attached hydrogens (tertiary/aromatic N) is 2. The standard InChI is InChI=1S/C15H30N4O2/c1-4-21-15(20)18-13(10-12(2)3)11-17-14(16)19-8-6-5-7-9-19/h12-13H,4-11H2,1-3H3,(H2,16,17)(H,18,20). The van der Waals surface area contributed by atoms with Crippen LogP contribution in [0, 0.1) is 5.92 Å². The lowest BCUT2D eigenvalue weighted by Crippen LogP contribution is -2.43. The number of likely N-dealkylation sites (tertiary alicyclic amines) is 1. The summed E-state index contributed by atoms with van der Waals surface area (Å²) in [6.07, 6.45) is 4.09. The van der Waals surface area contributed by atoms with Gasteiger partial charge in [-0.25, -0.2) is 4.79 Å². The maximum Gasteiger partial charge on any atom is 0.407 e. The number of nitrogens with one attached hydrogen (secondary N) is 1. The van der Waals surface area contributed by atoms with Crippen molar-refractivity contribution < 1.29 is 9.53 Å². The predicted octanol–water partition coefficient (Wildman–Crippen LogP) is 1.95. The number of hydrogen-bond donors (Lipinski definition) is 2. The second-order valence-corrected chi connectivity index (χ2v) is 5.94. The Bertz CT molecular complexity index is 339. The Balaban J connectivity index is 2.51. The Morgan fingerprint density at radius 3 is 2.57 bits per heavy atom. The first-order chi connectivity index (χ1) is 10.0. The molecule has 1 saturated heterocycles. The van der Waals surface area contributed by atoms with E-state index in [0.29, 0.717) is 25.0 Å². The zero-order chi connectivity index (χ0) is 15.7. The van der Waals surface area contributed by atoms with Crippen LogP contribution < -0.4 is 11.1 Å². The molecule has 0 saturated carbocycles. The minimum Gasteiger partial charge on any atom is -0.450 e. The lowest BCUT2D eigenvalue weighted by molar-refractivity contribution is 0.147. The molecule has 0 aromatic carbocycles. The predicted molar refractivity (Wildman–Crippen MR) is 85.3 cm³/mol. The maximum absolute atomic E-state index is 11.6. The lowest BCUT2D eigenvalue weighted by atomic mass is 10.0. The van der Waals surface area contributed by atoms with Crippen molar-refractivity contribution in [2.45, 2.75) is 52.5 Å². The minimum absolute atomic E-state index is 0.0348. The molecule has 0 aromatic rings. The fraction of sp³-hybridized carbons (Fsp3) is 0.867. The van der Waals surface area contributed by atoms with Crippen molar-refractivity contribution in [3.63, 3.8) is 0 Å². The van der Waals surface area contributed by atoms with E-state index < -0.39 is 0 Å². The molecular weight excluding hydrogens is 268 g/mol. The van der Waals surface area contributed by atoms with Crippen molar-refractivity contribution in [2.75, 3.05) is 26.2 Å². The molecule has 1 unspecified atom stereocenters. The van der Waals surface area contributed by atoms with E-state index in [9.17, 15) is 4.79 Å². The summed E-state index contributed by atoms with van der Waals surface area (Å²) in [4.78, 5) is 18.1. The van der Waals surface area contributed by atoms with E-state index >= 15 is 0 Å². The monoisotopic (exact) mass is 298 g/mol. The molecule has 6 heteroatoms. The van der Waals surface area contributed by atoms with E-state index in [4.69, 9.17) is 10.5 Å². The molecular formula is C15H30N4O2. The van der Waals surface area contributed by atoms with Gasteiger partial charge in [0.1, 0.15) is 0 Å². The van der Waals surface area contributed by atoms with Crippen molar-refractivity contribution >= 4 is 12.1 Å². The Labute approximate surface area is 128 Å². The first-order valence-electron chi connectivity index (χ1n) is 8.01. The Morgan fingerprint density at radius 2 is 2.00 bits per heavy atom. The average molecular weight is 298 g/mol. The molecule has 6 nitrogen and oxygen atoms in total. The second-order valence-electron chi connectivity index (χ2n) is 5.94. The quantitative estimate of drug-likeness (QED) is 0.580. The Morgan fingerprint density at radius 1 is 1.33 bits per heavy atom. The zero-order valence-electron chi connectivity index (χ0n) is 13.6. The number of amides is 1. The number of piperidine rings is 1. The van der Waals surface area contributed by atoms with Gasteiger partial charge in [0.05, 0.1) is 19.2 Å². The van der Waals surface area contributed by atoms with Gasteiger partial charge in [-0.15, -0.1) is 0 Å². The molecule has 1 amide bonds. The van der Waals surface area contributed by atoms with E-state index in [-0.39, 0.29) is 12.1 Å². The third kappa shape index (κ3) is 7.20. The van der Waals surface area contributed by atoms with Crippen LogP contribution in [0.2, 0.25) is 0 Å². The third-order valence-electron chi connectivity index (χ3n) is 3.51. The summed E-state index contributed by atoms with van der Waals surface area (Å²) in [5.41, 5.74) is 6.05. The second kappa shape index (κ2) is 9.47. The normalized spacial score (nSPS) is 17.7. The van der Waals surface area contributed by atoms with Gasteiger partial charge >= 0.3 is 6.09 Å². The van der Waals surface area contributed by atoms with Crippen molar-refractivity contribution in [1.29, 1.82) is 0 Å². The molecule has 3 N–H and O–H groups in total. The molecule has 1 atom stereocenters. The number of guanidine groups is 1. The summed E-state index contributed by atoms with van der Waals surface area (Å²) in [6.45, 7) is 8.88. The molecule has 21 heavy (non-hydrogen) atoms. The van der Waals surface area contributed by atoms with E-state index in [1.165, 1.54) is 19.3 Å². The van der Waals surface area contributed by atoms with Crippen LogP contribution >= 0.6 is 0 Å². The average Bonchev–Trinajstić information content (AvgIpc) is 2.45. The largest absolute Gasteiger partial charge is 0.450 e. The maximum atomic E-state index is 11.6. The first-order valence-corrected chi connectivity index (χ1v) is 8.01. The van der Waals surface area contributed by atoms with Crippen LogP contribution in [0.4, 0.5) is 4.79 Å². The molecule has 1 fully saturated rings. The van der Waals surface area contributed by atoms with E-state index in [2.05, 4.69) is 29.1 Å². The summed E-state index contributed by atoms with van der Waals surface area (Å²) in [7, 11) is 0. The van der Waals surface area contributed by atoms with Gasteiger partial charge in [-0.3, -0.25) is 4.99 Å². The van der Waals surface area contributed by atoms with Crippen LogP contribution in [0.25, 0.3) is 0 Å². The van der Waals surface area contributed by atoms with Crippen LogP contribution in [0.3, 0.4) is 0 Å². The molecule has 0 spiro atoms. The highest BCUT2D eigenvalue weighted by Crippen LogP contribution is 2.09. The molecule has 1 rings (SSSR count). The van der Waals surface area contributed by atoms with E-state index in [1.807, 2.05) is 0 Å². The van der Waals surface area contributed by atoms with Gasteiger partial charge in [0, 0.05) is 13.1 Å². The topological polar surface area (TPSA) is 79.9 Å². The summed E-state index contributed by atoms with van der Waals surface area (Å²) in [5.74, 6) is 1.07. The van der Waals surface area contributed by atoms with E-state index in [0.717, 1.165) is 19.5 Å². The number of aliphatic imine (C=N–C) groups is 1. The van der Waals surface area contributed by atoms with Crippen molar-refractivity contribution in [3.8, 4) is 0 Å². The molecule has 1 aliphatic heterocycles. The summed E-state index contributed by atoms with van der Waals surface area (Å²) in [6, 6.07) is -0.0348. The SMILES string of the molecule is CCOC(=O)NC(CN=C(N)N1CCCCC1)CC(C)C. The highest BCUT2D eigenvalue weighted by molar-refractivity contribution is 5.78. The number of rotatable bonds is 6. The summed E-state index contributed by atoms with van der Waals surface area (Å²) in [5, 5.41) is 2.87. The fourth-order valence-corrected chi connectivity index (χ4v) is 2.51. The number of ether oxygens (including phenoxy) is 1. The van der Waals surface area contributed by atoms with Gasteiger partial charge in [0.2, 0.25) is 0 Å². The number of carbonyl (C=O) groups excluding carboxylic acids is 1. The Hall–Kier alpha value is -1.46. The molecule has 0 aromatic heterocycles. The van der Waals surface area contributed by atoms with Crippen LogP contribution in [-0.4, -0.2) is 49.2 Å². The minimum atomic E-state index is -0.380. The van der Waals surface area contributed by atoms with Gasteiger partial charge in [0.25, 0.3) is 0 Å². The molecule has 122 valence electrons. The van der Waals surface area contributed by atoms with E-state index in [1.54, 1.807) is 6.92 Å². The van der Waals surface area contributed by atoms with Crippen molar-refractivity contribution in [3.05, 3.63) is 0 Å². The van der Waals surface area contributed by atoms with Crippen LogP contribution in [0.15, 0.2) is 4.99 Å². The van der Waals surface area contributed by atoms with Gasteiger partial charge < -0.3 is 20.7 Å². The summed E-state index contributed by atoms with van der Waals surface area (Å²) < 4.78 is 4.94. The summed E-state index contributed by atoms with van der Waals surface area (Å²) >= 11 is 0. The van der Waals surface area contributed by atoms with Crippen molar-refractivity contribution in [1.82, 2.24) is 10.2 Å². The smallest absolute Gasteiger partial charge is 0.407 e.